The number of aryl methyl sites for hydroxylation is 1. The van der Waals surface area contributed by atoms with Crippen molar-refractivity contribution < 1.29 is 22.7 Å². The number of allylic oxidation sites excluding steroid dienone is 2. The Morgan fingerprint density at radius 2 is 1.45 bits per heavy atom. The van der Waals surface area contributed by atoms with Crippen molar-refractivity contribution in [2.75, 3.05) is 7.11 Å². The van der Waals surface area contributed by atoms with E-state index in [1.807, 2.05) is 0 Å². The summed E-state index contributed by atoms with van der Waals surface area (Å²) in [6.07, 6.45) is 0.455. The van der Waals surface area contributed by atoms with Gasteiger partial charge in [0.05, 0.1) is 17.6 Å². The van der Waals surface area contributed by atoms with E-state index in [0.717, 1.165) is 0 Å². The predicted molar refractivity (Wildman–Crippen MR) is 118 cm³/mol. The Balaban J connectivity index is 2.25. The van der Waals surface area contributed by atoms with Crippen LogP contribution in [0.1, 0.15) is 21.5 Å². The van der Waals surface area contributed by atoms with E-state index in [-0.39, 0.29) is 21.7 Å². The molecule has 0 bridgehead atoms. The highest BCUT2D eigenvalue weighted by atomic mass is 32.2. The summed E-state index contributed by atoms with van der Waals surface area (Å²) >= 11 is 0. The lowest BCUT2D eigenvalue weighted by molar-refractivity contribution is -0.103. The zero-order valence-corrected chi connectivity index (χ0v) is 17.8. The van der Waals surface area contributed by atoms with Crippen molar-refractivity contribution >= 4 is 27.7 Å². The number of hydrogen-bond donors (Lipinski definition) is 1. The zero-order valence-electron chi connectivity index (χ0n) is 17.0. The van der Waals surface area contributed by atoms with Crippen molar-refractivity contribution in [2.24, 2.45) is 0 Å². The van der Waals surface area contributed by atoms with Crippen LogP contribution < -0.4 is 9.46 Å². The molecule has 0 aliphatic heterocycles. The molecule has 1 N–H and O–H groups in total. The second-order valence-corrected chi connectivity index (χ2v) is 8.35. The van der Waals surface area contributed by atoms with E-state index >= 15 is 0 Å². The minimum atomic E-state index is -4.14. The summed E-state index contributed by atoms with van der Waals surface area (Å²) in [5.41, 5.74) is 0.757. The van der Waals surface area contributed by atoms with Crippen molar-refractivity contribution in [3.8, 4) is 5.75 Å². The second kappa shape index (κ2) is 9.40. The lowest BCUT2D eigenvalue weighted by atomic mass is 9.97. The molecule has 3 aromatic carbocycles. The number of nitrogens with one attached hydrogen (secondary N) is 1. The first-order chi connectivity index (χ1) is 14.9. The van der Waals surface area contributed by atoms with Gasteiger partial charge in [-0.2, -0.15) is 0 Å². The molecule has 0 saturated heterocycles. The van der Waals surface area contributed by atoms with Crippen LogP contribution in [0.2, 0.25) is 0 Å². The van der Waals surface area contributed by atoms with Gasteiger partial charge in [0, 0.05) is 11.1 Å². The van der Waals surface area contributed by atoms with E-state index < -0.39 is 15.8 Å². The van der Waals surface area contributed by atoms with Crippen molar-refractivity contribution in [2.45, 2.75) is 11.8 Å². The molecule has 31 heavy (non-hydrogen) atoms. The zero-order chi connectivity index (χ0) is 22.4. The van der Waals surface area contributed by atoms with Crippen molar-refractivity contribution in [3.05, 3.63) is 101 Å². The monoisotopic (exact) mass is 435 g/mol. The Kier molecular flexibility index (Phi) is 6.67. The number of Topliss-reactive ketones (excluding diaryl/α,β-unsaturated/α-hetero) is 1. The maximum Gasteiger partial charge on any atom is 0.262 e. The molecule has 0 unspecified atom stereocenters. The number of carbonyl (C=O) groups is 2. The van der Waals surface area contributed by atoms with Gasteiger partial charge in [0.2, 0.25) is 5.78 Å². The van der Waals surface area contributed by atoms with Gasteiger partial charge in [-0.05, 0) is 30.7 Å². The molecule has 0 amide bonds. The first-order valence-corrected chi connectivity index (χ1v) is 10.9. The number of rotatable bonds is 8. The van der Waals surface area contributed by atoms with Gasteiger partial charge in [0.25, 0.3) is 10.0 Å². The van der Waals surface area contributed by atoms with Crippen LogP contribution in [0.4, 0.5) is 0 Å². The van der Waals surface area contributed by atoms with Crippen LogP contribution in [0.25, 0.3) is 5.57 Å². The fourth-order valence-electron chi connectivity index (χ4n) is 3.10. The Labute approximate surface area is 181 Å². The van der Waals surface area contributed by atoms with Crippen LogP contribution in [-0.2, 0) is 14.8 Å². The lowest BCUT2D eigenvalue weighted by Crippen LogP contribution is -2.29. The number of aldehydes is 1. The number of para-hydroxylation sites is 1. The maximum absolute atomic E-state index is 13.5. The molecule has 0 fully saturated rings. The largest absolute Gasteiger partial charge is 0.496 e. The summed E-state index contributed by atoms with van der Waals surface area (Å²) in [4.78, 5) is 25.6. The average molecular weight is 436 g/mol. The summed E-state index contributed by atoms with van der Waals surface area (Å²) in [6.45, 7) is 1.74. The third-order valence-electron chi connectivity index (χ3n) is 4.69. The minimum absolute atomic E-state index is 0.0321. The summed E-state index contributed by atoms with van der Waals surface area (Å²) in [6, 6.07) is 21.0. The molecule has 0 atom stereocenters. The lowest BCUT2D eigenvalue weighted by Gasteiger charge is -2.16. The number of ether oxygens (including phenoxy) is 1. The predicted octanol–water partition coefficient (Wildman–Crippen LogP) is 3.78. The van der Waals surface area contributed by atoms with Crippen LogP contribution in [-0.4, -0.2) is 27.6 Å². The van der Waals surface area contributed by atoms with Crippen LogP contribution in [0, 0.1) is 6.92 Å². The van der Waals surface area contributed by atoms with Gasteiger partial charge in [0.15, 0.2) is 6.29 Å². The molecule has 3 aromatic rings. The molecular formula is C24H21NO5S. The highest BCUT2D eigenvalue weighted by Crippen LogP contribution is 2.28. The number of carbonyl (C=O) groups excluding carboxylic acids is 2. The Bertz CT molecular complexity index is 1250. The van der Waals surface area contributed by atoms with E-state index in [1.165, 1.54) is 19.2 Å². The minimum Gasteiger partial charge on any atom is -0.496 e. The fourth-order valence-corrected chi connectivity index (χ4v) is 4.21. The van der Waals surface area contributed by atoms with Gasteiger partial charge in [-0.1, -0.05) is 60.7 Å². The van der Waals surface area contributed by atoms with Gasteiger partial charge < -0.3 is 4.74 Å². The van der Waals surface area contributed by atoms with Crippen molar-refractivity contribution in [1.82, 2.24) is 4.72 Å². The van der Waals surface area contributed by atoms with Crippen LogP contribution in [0.15, 0.2) is 89.5 Å². The SMILES string of the molecule is COc1ccccc1/C(C=O)=C(\NS(=O)(=O)c1ccccc1)C(=O)c1ccccc1C. The number of methoxy groups -OCH3 is 1. The second-order valence-electron chi connectivity index (χ2n) is 6.67. The molecule has 7 heteroatoms. The van der Waals surface area contributed by atoms with Crippen molar-refractivity contribution in [1.29, 1.82) is 0 Å². The molecule has 0 aliphatic rings. The molecule has 3 rings (SSSR count). The molecule has 0 radical (unpaired) electrons. The molecule has 0 saturated carbocycles. The number of sulfonamides is 1. The standard InChI is InChI=1S/C24H21NO5S/c1-17-10-6-7-13-19(17)24(27)23(25-31(28,29)18-11-4-3-5-12-18)21(16-26)20-14-8-9-15-22(20)30-2/h3-16,25H,1-2H3/b23-21-. The summed E-state index contributed by atoms with van der Waals surface area (Å²) in [5, 5.41) is 0. The van der Waals surface area contributed by atoms with E-state index in [9.17, 15) is 18.0 Å². The molecule has 6 nitrogen and oxygen atoms in total. The van der Waals surface area contributed by atoms with Crippen LogP contribution >= 0.6 is 0 Å². The van der Waals surface area contributed by atoms with E-state index in [0.29, 0.717) is 23.2 Å². The highest BCUT2D eigenvalue weighted by molar-refractivity contribution is 7.89. The highest BCUT2D eigenvalue weighted by Gasteiger charge is 2.26. The molecule has 0 aliphatic carbocycles. The van der Waals surface area contributed by atoms with Crippen molar-refractivity contribution in [3.63, 3.8) is 0 Å². The molecule has 0 spiro atoms. The number of ketones is 1. The van der Waals surface area contributed by atoms with Gasteiger partial charge >= 0.3 is 0 Å². The Morgan fingerprint density at radius 1 is 0.871 bits per heavy atom. The summed E-state index contributed by atoms with van der Waals surface area (Å²) < 4.78 is 33.7. The third kappa shape index (κ3) is 4.73. The molecule has 0 heterocycles. The Morgan fingerprint density at radius 3 is 2.06 bits per heavy atom. The Hall–Kier alpha value is -3.71. The molecule has 158 valence electrons. The third-order valence-corrected chi connectivity index (χ3v) is 6.06. The normalized spacial score (nSPS) is 11.9. The van der Waals surface area contributed by atoms with Gasteiger partial charge in [-0.15, -0.1) is 0 Å². The quantitative estimate of drug-likeness (QED) is 0.330. The van der Waals surface area contributed by atoms with Gasteiger partial charge in [0.1, 0.15) is 11.4 Å². The first-order valence-electron chi connectivity index (χ1n) is 9.40. The first kappa shape index (κ1) is 22.0. The van der Waals surface area contributed by atoms with Crippen LogP contribution in [0.3, 0.4) is 0 Å². The van der Waals surface area contributed by atoms with E-state index in [2.05, 4.69) is 4.72 Å². The average Bonchev–Trinajstić information content (AvgIpc) is 2.79. The summed E-state index contributed by atoms with van der Waals surface area (Å²) in [7, 11) is -2.71. The summed E-state index contributed by atoms with van der Waals surface area (Å²) in [5.74, 6) is -0.288. The number of benzene rings is 3. The molecule has 0 aromatic heterocycles. The van der Waals surface area contributed by atoms with E-state index in [1.54, 1.807) is 73.7 Å². The van der Waals surface area contributed by atoms with E-state index in [4.69, 9.17) is 4.74 Å². The van der Waals surface area contributed by atoms with Gasteiger partial charge in [-0.25, -0.2) is 8.42 Å². The number of hydrogen-bond acceptors (Lipinski definition) is 5. The smallest absolute Gasteiger partial charge is 0.262 e. The maximum atomic E-state index is 13.5. The fraction of sp³-hybridized carbons (Fsp3) is 0.0833. The van der Waals surface area contributed by atoms with Gasteiger partial charge in [-0.3, -0.25) is 14.3 Å². The topological polar surface area (TPSA) is 89.5 Å². The molecular weight excluding hydrogens is 414 g/mol. The van der Waals surface area contributed by atoms with Crippen LogP contribution in [0.5, 0.6) is 5.75 Å².